The Kier molecular flexibility index (Phi) is 9.69. The largest absolute Gasteiger partial charge is 0.514 e. The van der Waals surface area contributed by atoms with Gasteiger partial charge in [0, 0.05) is 0 Å². The number of hydrogen-bond donors (Lipinski definition) is 0. The molecule has 0 aliphatic carbocycles. The Morgan fingerprint density at radius 3 is 1.62 bits per heavy atom. The number of rotatable bonds is 6. The first-order chi connectivity index (χ1) is 17.9. The molecule has 0 unspecified atom stereocenters. The molecule has 1 aromatic carbocycles. The Bertz CT molecular complexity index is 1090. The van der Waals surface area contributed by atoms with Crippen LogP contribution in [0.25, 0.3) is 0 Å². The van der Waals surface area contributed by atoms with Crippen LogP contribution in [0.1, 0.15) is 106 Å². The van der Waals surface area contributed by atoms with Crippen LogP contribution in [0.2, 0.25) is 6.32 Å². The predicted molar refractivity (Wildman–Crippen MR) is 150 cm³/mol. The van der Waals surface area contributed by atoms with Crippen molar-refractivity contribution in [3.05, 3.63) is 23.3 Å². The summed E-state index contributed by atoms with van der Waals surface area (Å²) in [7, 11) is -0.540. The number of benzene rings is 1. The monoisotopic (exact) mass is 564 g/mol. The van der Waals surface area contributed by atoms with Crippen molar-refractivity contribution in [3.63, 3.8) is 0 Å². The van der Waals surface area contributed by atoms with Crippen molar-refractivity contribution in [2.24, 2.45) is 0 Å². The van der Waals surface area contributed by atoms with E-state index in [1.165, 1.54) is 6.07 Å². The van der Waals surface area contributed by atoms with E-state index in [2.05, 4.69) is 0 Å². The second kappa shape index (κ2) is 11.6. The number of carbonyl (C=O) groups is 3. The van der Waals surface area contributed by atoms with Crippen molar-refractivity contribution in [1.82, 2.24) is 0 Å². The third-order valence-corrected chi connectivity index (χ3v) is 5.91. The van der Waals surface area contributed by atoms with Crippen LogP contribution in [-0.4, -0.2) is 53.4 Å². The summed E-state index contributed by atoms with van der Waals surface area (Å²) < 4.78 is 39.5. The number of hydrogen-bond acceptors (Lipinski definition) is 10. The third-order valence-electron chi connectivity index (χ3n) is 5.91. The van der Waals surface area contributed by atoms with Gasteiger partial charge >= 0.3 is 25.4 Å². The summed E-state index contributed by atoms with van der Waals surface area (Å²) in [5.74, 6) is -1.20. The molecule has 1 heterocycles. The highest BCUT2D eigenvalue weighted by Gasteiger charge is 2.50. The zero-order valence-corrected chi connectivity index (χ0v) is 26.2. The molecule has 1 aliphatic rings. The minimum atomic E-state index is -1.04. The fourth-order valence-corrected chi connectivity index (χ4v) is 3.60. The normalized spacial score (nSPS) is 16.8. The summed E-state index contributed by atoms with van der Waals surface area (Å²) in [6.07, 6.45) is -1.40. The molecule has 1 aromatic rings. The molecule has 0 amide bonds. The van der Waals surface area contributed by atoms with Crippen LogP contribution >= 0.6 is 0 Å². The van der Waals surface area contributed by atoms with Gasteiger partial charge in [0.1, 0.15) is 22.4 Å². The van der Waals surface area contributed by atoms with Crippen molar-refractivity contribution < 1.29 is 47.4 Å². The van der Waals surface area contributed by atoms with Gasteiger partial charge in [-0.15, -0.1) is 0 Å². The molecule has 0 atom stereocenters. The summed E-state index contributed by atoms with van der Waals surface area (Å²) >= 11 is 0. The molecule has 10 nitrogen and oxygen atoms in total. The molecule has 2 rings (SSSR count). The Hall–Kier alpha value is -2.79. The predicted octanol–water partition coefficient (Wildman–Crippen LogP) is 6.90. The molecule has 1 fully saturated rings. The Balaban J connectivity index is 2.57. The molecular formula is C29H45BO10. The quantitative estimate of drug-likeness (QED) is 0.156. The van der Waals surface area contributed by atoms with Crippen LogP contribution in [0.3, 0.4) is 0 Å². The fraction of sp³-hybridized carbons (Fsp3) is 0.690. The maximum absolute atomic E-state index is 13.5. The highest BCUT2D eigenvalue weighted by Crippen LogP contribution is 2.40. The smallest absolute Gasteiger partial charge is 0.456 e. The van der Waals surface area contributed by atoms with Gasteiger partial charge in [-0.3, -0.25) is 0 Å². The Labute approximate surface area is 238 Å². The molecule has 0 bridgehead atoms. The van der Waals surface area contributed by atoms with E-state index in [9.17, 15) is 14.4 Å². The van der Waals surface area contributed by atoms with Crippen LogP contribution in [0.4, 0.5) is 9.59 Å². The average molecular weight is 564 g/mol. The van der Waals surface area contributed by atoms with E-state index in [0.29, 0.717) is 11.9 Å². The van der Waals surface area contributed by atoms with Crippen molar-refractivity contribution in [2.75, 3.05) is 0 Å². The minimum absolute atomic E-state index is 0.152. The van der Waals surface area contributed by atoms with E-state index in [1.807, 2.05) is 27.7 Å². The van der Waals surface area contributed by atoms with Crippen LogP contribution in [0.15, 0.2) is 12.1 Å². The molecule has 0 spiro atoms. The van der Waals surface area contributed by atoms with E-state index < -0.39 is 53.4 Å². The van der Waals surface area contributed by atoms with E-state index in [-0.39, 0.29) is 23.5 Å². The Morgan fingerprint density at radius 1 is 0.725 bits per heavy atom. The molecule has 0 saturated carbocycles. The first-order valence-electron chi connectivity index (χ1n) is 13.5. The lowest BCUT2D eigenvalue weighted by Gasteiger charge is -2.32. The molecule has 1 saturated heterocycles. The van der Waals surface area contributed by atoms with E-state index in [0.717, 1.165) is 0 Å². The molecule has 0 radical (unpaired) electrons. The third kappa shape index (κ3) is 9.69. The van der Waals surface area contributed by atoms with E-state index in [1.54, 1.807) is 68.4 Å². The van der Waals surface area contributed by atoms with Gasteiger partial charge in [0.05, 0.1) is 11.2 Å². The zero-order chi connectivity index (χ0) is 30.9. The maximum atomic E-state index is 13.5. The van der Waals surface area contributed by atoms with E-state index in [4.69, 9.17) is 33.0 Å². The SMILES string of the molecule is CC(C)(C)OC(=O)Oc1ccc(CCB2OC(C)(C)C(C)(C)O2)c(OC(=O)OC(C)(C)C)c1C(=O)OC(C)(C)C. The number of ether oxygens (including phenoxy) is 5. The van der Waals surface area contributed by atoms with Gasteiger partial charge in [-0.1, -0.05) is 6.07 Å². The first-order valence-corrected chi connectivity index (χ1v) is 13.5. The van der Waals surface area contributed by atoms with Crippen molar-refractivity contribution in [3.8, 4) is 11.5 Å². The Morgan fingerprint density at radius 2 is 1.18 bits per heavy atom. The molecule has 0 aromatic heterocycles. The van der Waals surface area contributed by atoms with Gasteiger partial charge in [-0.2, -0.15) is 0 Å². The minimum Gasteiger partial charge on any atom is -0.456 e. The lowest BCUT2D eigenvalue weighted by molar-refractivity contribution is 0.00523. The van der Waals surface area contributed by atoms with Crippen molar-refractivity contribution in [1.29, 1.82) is 0 Å². The standard InChI is InChI=1S/C29H45BO10/c1-25(2,3)36-22(31)20-19(34-23(32)37-26(4,5)6)15-14-18(21(20)35-24(33)38-27(7,8)9)16-17-30-39-28(10,11)29(12,13)40-30/h14-15H,16-17H2,1-13H3. The van der Waals surface area contributed by atoms with Gasteiger partial charge in [0.2, 0.25) is 0 Å². The second-order valence-corrected chi connectivity index (χ2v) is 13.8. The molecular weight excluding hydrogens is 519 g/mol. The molecule has 11 heteroatoms. The summed E-state index contributed by atoms with van der Waals surface area (Å²) in [6.45, 7) is 23.0. The van der Waals surface area contributed by atoms with Crippen LogP contribution in [-0.2, 0) is 29.9 Å². The molecule has 0 N–H and O–H groups in total. The number of aryl methyl sites for hydroxylation is 1. The number of esters is 1. The second-order valence-electron chi connectivity index (χ2n) is 13.8. The van der Waals surface area contributed by atoms with Gasteiger partial charge in [-0.05, 0) is 114 Å². The fourth-order valence-electron chi connectivity index (χ4n) is 3.60. The van der Waals surface area contributed by atoms with Gasteiger partial charge in [0.15, 0.2) is 11.5 Å². The van der Waals surface area contributed by atoms with E-state index >= 15 is 0 Å². The summed E-state index contributed by atoms with van der Waals surface area (Å²) in [5.41, 5.74) is -3.46. The molecule has 1 aliphatic heterocycles. The van der Waals surface area contributed by atoms with Gasteiger partial charge < -0.3 is 33.0 Å². The van der Waals surface area contributed by atoms with Gasteiger partial charge in [-0.25, -0.2) is 14.4 Å². The van der Waals surface area contributed by atoms with Crippen LogP contribution < -0.4 is 9.47 Å². The van der Waals surface area contributed by atoms with Crippen LogP contribution in [0.5, 0.6) is 11.5 Å². The first kappa shape index (κ1) is 33.4. The number of carbonyl (C=O) groups excluding carboxylic acids is 3. The van der Waals surface area contributed by atoms with Crippen LogP contribution in [0, 0.1) is 0 Å². The highest BCUT2D eigenvalue weighted by atomic mass is 16.7. The zero-order valence-electron chi connectivity index (χ0n) is 26.2. The maximum Gasteiger partial charge on any atom is 0.514 e. The lowest BCUT2D eigenvalue weighted by Crippen LogP contribution is -2.41. The summed E-state index contributed by atoms with van der Waals surface area (Å²) in [5, 5.41) is 0. The van der Waals surface area contributed by atoms with Gasteiger partial charge in [0.25, 0.3) is 0 Å². The topological polar surface area (TPSA) is 116 Å². The average Bonchev–Trinajstić information content (AvgIpc) is 2.89. The molecule has 224 valence electrons. The highest BCUT2D eigenvalue weighted by molar-refractivity contribution is 6.45. The summed E-state index contributed by atoms with van der Waals surface area (Å²) in [6, 6.07) is 3.03. The summed E-state index contributed by atoms with van der Waals surface area (Å²) in [4.78, 5) is 38.9. The van der Waals surface area contributed by atoms with Crippen molar-refractivity contribution in [2.45, 2.75) is 131 Å². The molecule has 40 heavy (non-hydrogen) atoms. The lowest BCUT2D eigenvalue weighted by atomic mass is 9.81. The van der Waals surface area contributed by atoms with Crippen molar-refractivity contribution >= 4 is 25.4 Å².